The lowest BCUT2D eigenvalue weighted by atomic mass is 9.71. The fraction of sp³-hybridized carbons (Fsp3) is 0.333. The van der Waals surface area contributed by atoms with E-state index in [0.717, 1.165) is 53.9 Å². The molecule has 0 amide bonds. The molecule has 1 fully saturated rings. The molecule has 134 valence electrons. The molecule has 0 unspecified atom stereocenters. The predicted molar refractivity (Wildman–Crippen MR) is 105 cm³/mol. The number of halogens is 2. The van der Waals surface area contributed by atoms with Gasteiger partial charge in [0.25, 0.3) is 0 Å². The maximum absolute atomic E-state index is 12.9. The van der Waals surface area contributed by atoms with Crippen LogP contribution in [0.2, 0.25) is 0 Å². The van der Waals surface area contributed by atoms with E-state index < -0.39 is 5.78 Å². The molecule has 2 aromatic rings. The van der Waals surface area contributed by atoms with Crippen molar-refractivity contribution >= 4 is 51.2 Å². The van der Waals surface area contributed by atoms with Crippen LogP contribution in [0.1, 0.15) is 50.3 Å². The minimum Gasteiger partial charge on any atom is -0.357 e. The molecule has 1 aromatic heterocycles. The number of allylic oxidation sites excluding steroid dienone is 4. The van der Waals surface area contributed by atoms with Gasteiger partial charge in [-0.05, 0) is 18.9 Å². The molecule has 5 heteroatoms. The van der Waals surface area contributed by atoms with Crippen LogP contribution in [0.3, 0.4) is 0 Å². The van der Waals surface area contributed by atoms with E-state index in [-0.39, 0.29) is 26.8 Å². The molecule has 0 atom stereocenters. The first-order valence-electron chi connectivity index (χ1n) is 8.90. The third-order valence-corrected chi connectivity index (χ3v) is 6.31. The van der Waals surface area contributed by atoms with Crippen LogP contribution in [-0.4, -0.2) is 16.6 Å². The first-order chi connectivity index (χ1) is 12.4. The highest BCUT2D eigenvalue weighted by Crippen LogP contribution is 2.46. The first-order valence-corrected chi connectivity index (χ1v) is 9.65. The van der Waals surface area contributed by atoms with Crippen molar-refractivity contribution in [3.05, 3.63) is 51.7 Å². The average Bonchev–Trinajstić information content (AvgIpc) is 3.01. The monoisotopic (exact) mass is 387 g/mol. The van der Waals surface area contributed by atoms with Crippen LogP contribution < -0.4 is 0 Å². The quantitative estimate of drug-likeness (QED) is 0.680. The molecule has 2 aliphatic rings. The van der Waals surface area contributed by atoms with Crippen LogP contribution >= 0.6 is 23.2 Å². The summed E-state index contributed by atoms with van der Waals surface area (Å²) >= 11 is 12.4. The van der Waals surface area contributed by atoms with E-state index in [1.54, 1.807) is 0 Å². The van der Waals surface area contributed by atoms with Gasteiger partial charge in [-0.2, -0.15) is 0 Å². The van der Waals surface area contributed by atoms with Crippen LogP contribution in [-0.2, 0) is 15.0 Å². The average molecular weight is 388 g/mol. The number of benzene rings is 1. The van der Waals surface area contributed by atoms with E-state index in [9.17, 15) is 9.59 Å². The van der Waals surface area contributed by atoms with Gasteiger partial charge in [0.05, 0.1) is 15.6 Å². The van der Waals surface area contributed by atoms with Gasteiger partial charge in [-0.1, -0.05) is 67.6 Å². The second-order valence-corrected chi connectivity index (χ2v) is 8.20. The zero-order chi connectivity index (χ0) is 18.5. The SMILES string of the molecule is CC1(c2[nH]c3ccccc3c2C2=C(Cl)C(=O)C=C(Cl)C2=O)CCCCC1. The molecular formula is C21H19Cl2NO2. The standard InChI is InChI=1S/C21H19Cl2NO2/c1-21(9-5-2-6-10-21)20-16(12-7-3-4-8-14(12)24-20)17-18(23)15(25)11-13(22)19(17)26/h3-4,7-8,11,24H,2,5-6,9-10H2,1H3. The number of Topliss-reactive ketones (excluding diaryl/α,β-unsaturated/α-hetero) is 1. The minimum atomic E-state index is -0.420. The highest BCUT2D eigenvalue weighted by atomic mass is 35.5. The number of hydrogen-bond acceptors (Lipinski definition) is 2. The molecule has 26 heavy (non-hydrogen) atoms. The molecular weight excluding hydrogens is 369 g/mol. The molecule has 1 N–H and O–H groups in total. The van der Waals surface area contributed by atoms with E-state index >= 15 is 0 Å². The Bertz CT molecular complexity index is 991. The van der Waals surface area contributed by atoms with Crippen LogP contribution in [0, 0.1) is 0 Å². The number of carbonyl (C=O) groups excluding carboxylic acids is 2. The first kappa shape index (κ1) is 17.6. The lowest BCUT2D eigenvalue weighted by Crippen LogP contribution is -2.27. The van der Waals surface area contributed by atoms with Gasteiger partial charge in [-0.15, -0.1) is 0 Å². The van der Waals surface area contributed by atoms with Crippen molar-refractivity contribution in [2.75, 3.05) is 0 Å². The van der Waals surface area contributed by atoms with Crippen molar-refractivity contribution in [2.24, 2.45) is 0 Å². The van der Waals surface area contributed by atoms with Gasteiger partial charge in [0.15, 0.2) is 5.78 Å². The number of fused-ring (bicyclic) bond motifs is 1. The number of carbonyl (C=O) groups is 2. The summed E-state index contributed by atoms with van der Waals surface area (Å²) in [6.07, 6.45) is 6.68. The number of hydrogen-bond donors (Lipinski definition) is 1. The number of H-pyrrole nitrogens is 1. The maximum atomic E-state index is 12.9. The van der Waals surface area contributed by atoms with E-state index in [0.29, 0.717) is 0 Å². The topological polar surface area (TPSA) is 49.9 Å². The summed E-state index contributed by atoms with van der Waals surface area (Å²) in [4.78, 5) is 28.6. The Morgan fingerprint density at radius 2 is 1.73 bits per heavy atom. The minimum absolute atomic E-state index is 0.0511. The molecule has 1 saturated carbocycles. The summed E-state index contributed by atoms with van der Waals surface area (Å²) in [7, 11) is 0. The van der Waals surface area contributed by atoms with Crippen molar-refractivity contribution in [1.29, 1.82) is 0 Å². The number of aromatic amines is 1. The smallest absolute Gasteiger partial charge is 0.206 e. The molecule has 0 radical (unpaired) electrons. The molecule has 1 aromatic carbocycles. The van der Waals surface area contributed by atoms with E-state index in [2.05, 4.69) is 11.9 Å². The predicted octanol–water partition coefficient (Wildman–Crippen LogP) is 5.61. The summed E-state index contributed by atoms with van der Waals surface area (Å²) in [5.41, 5.74) is 2.79. The van der Waals surface area contributed by atoms with Gasteiger partial charge < -0.3 is 4.98 Å². The summed E-state index contributed by atoms with van der Waals surface area (Å²) in [6.45, 7) is 2.22. The van der Waals surface area contributed by atoms with Gasteiger partial charge in [-0.3, -0.25) is 9.59 Å². The maximum Gasteiger partial charge on any atom is 0.206 e. The van der Waals surface area contributed by atoms with Crippen molar-refractivity contribution in [3.63, 3.8) is 0 Å². The Morgan fingerprint density at radius 3 is 2.46 bits per heavy atom. The summed E-state index contributed by atoms with van der Waals surface area (Å²) in [5.74, 6) is -0.807. The number of para-hydroxylation sites is 1. The van der Waals surface area contributed by atoms with Gasteiger partial charge in [0.2, 0.25) is 5.78 Å². The third-order valence-electron chi connectivity index (χ3n) is 5.65. The molecule has 0 aliphatic heterocycles. The molecule has 2 aliphatic carbocycles. The molecule has 0 saturated heterocycles. The highest BCUT2D eigenvalue weighted by molar-refractivity contribution is 6.62. The Morgan fingerprint density at radius 1 is 1.04 bits per heavy atom. The summed E-state index contributed by atoms with van der Waals surface area (Å²) in [5, 5.41) is 0.763. The van der Waals surface area contributed by atoms with Crippen molar-refractivity contribution in [1.82, 2.24) is 4.98 Å². The largest absolute Gasteiger partial charge is 0.357 e. The highest BCUT2D eigenvalue weighted by Gasteiger charge is 2.38. The van der Waals surface area contributed by atoms with Gasteiger partial charge in [-0.25, -0.2) is 0 Å². The normalized spacial score (nSPS) is 20.7. The summed E-state index contributed by atoms with van der Waals surface area (Å²) < 4.78 is 0. The second-order valence-electron chi connectivity index (χ2n) is 7.42. The van der Waals surface area contributed by atoms with Gasteiger partial charge in [0, 0.05) is 33.7 Å². The lowest BCUT2D eigenvalue weighted by molar-refractivity contribution is -0.113. The zero-order valence-corrected chi connectivity index (χ0v) is 16.0. The number of rotatable bonds is 2. The second kappa shape index (κ2) is 6.40. The number of ketones is 2. The van der Waals surface area contributed by atoms with E-state index in [1.165, 1.54) is 6.42 Å². The lowest BCUT2D eigenvalue weighted by Gasteiger charge is -2.34. The third kappa shape index (κ3) is 2.65. The van der Waals surface area contributed by atoms with E-state index in [1.807, 2.05) is 24.3 Å². The number of aromatic nitrogens is 1. The molecule has 4 rings (SSSR count). The van der Waals surface area contributed by atoms with E-state index in [4.69, 9.17) is 23.2 Å². The Balaban J connectivity index is 2.03. The van der Waals surface area contributed by atoms with Crippen LogP contribution in [0.4, 0.5) is 0 Å². The Kier molecular flexibility index (Phi) is 4.32. The van der Waals surface area contributed by atoms with Crippen LogP contribution in [0.25, 0.3) is 16.5 Å². The van der Waals surface area contributed by atoms with Gasteiger partial charge in [0.1, 0.15) is 0 Å². The van der Waals surface area contributed by atoms with Crippen molar-refractivity contribution < 1.29 is 9.59 Å². The molecule has 3 nitrogen and oxygen atoms in total. The zero-order valence-electron chi connectivity index (χ0n) is 14.5. The molecule has 0 bridgehead atoms. The Hall–Kier alpha value is -1.84. The van der Waals surface area contributed by atoms with Crippen molar-refractivity contribution in [3.8, 4) is 0 Å². The van der Waals surface area contributed by atoms with Crippen LogP contribution in [0.15, 0.2) is 40.4 Å². The van der Waals surface area contributed by atoms with Crippen molar-refractivity contribution in [2.45, 2.75) is 44.4 Å². The molecule has 0 spiro atoms. The summed E-state index contributed by atoms with van der Waals surface area (Å²) in [6, 6.07) is 7.81. The Labute approximate surface area is 162 Å². The molecule has 1 heterocycles. The van der Waals surface area contributed by atoms with Gasteiger partial charge >= 0.3 is 0 Å². The number of nitrogens with one attached hydrogen (secondary N) is 1. The fourth-order valence-electron chi connectivity index (χ4n) is 4.25. The van der Waals surface area contributed by atoms with Crippen LogP contribution in [0.5, 0.6) is 0 Å². The fourth-order valence-corrected chi connectivity index (χ4v) is 4.67.